The molecule has 0 saturated heterocycles. The van der Waals surface area contributed by atoms with E-state index in [4.69, 9.17) is 9.15 Å². The van der Waals surface area contributed by atoms with Gasteiger partial charge in [-0.1, -0.05) is 30.3 Å². The fourth-order valence-electron chi connectivity index (χ4n) is 3.54. The average molecular weight is 404 g/mol. The molecule has 5 aromatic rings. The SMILES string of the molecule is Cc1csc2nc(COC(=O)Cc3coc4ccc5ccccc5c34)cc(=O)n12. The summed E-state index contributed by atoms with van der Waals surface area (Å²) >= 11 is 1.38. The van der Waals surface area contributed by atoms with Crippen molar-refractivity contribution in [2.24, 2.45) is 0 Å². The number of thiazole rings is 1. The molecule has 0 bridgehead atoms. The Balaban J connectivity index is 1.37. The van der Waals surface area contributed by atoms with Crippen LogP contribution in [0.1, 0.15) is 17.0 Å². The molecule has 0 N–H and O–H groups in total. The maximum Gasteiger partial charge on any atom is 0.310 e. The number of rotatable bonds is 4. The van der Waals surface area contributed by atoms with Crippen LogP contribution in [0.5, 0.6) is 0 Å². The number of nitrogens with zero attached hydrogens (tertiary/aromatic N) is 2. The lowest BCUT2D eigenvalue weighted by molar-refractivity contribution is -0.144. The number of ether oxygens (including phenoxy) is 1. The Hall–Kier alpha value is -3.45. The first-order chi connectivity index (χ1) is 14.1. The van der Waals surface area contributed by atoms with Gasteiger partial charge < -0.3 is 9.15 Å². The van der Waals surface area contributed by atoms with Gasteiger partial charge in [-0.05, 0) is 23.8 Å². The third-order valence-corrected chi connectivity index (χ3v) is 5.83. The van der Waals surface area contributed by atoms with Crippen LogP contribution in [-0.2, 0) is 22.6 Å². The van der Waals surface area contributed by atoms with Crippen molar-refractivity contribution >= 4 is 44.0 Å². The van der Waals surface area contributed by atoms with Gasteiger partial charge in [-0.3, -0.25) is 14.0 Å². The van der Waals surface area contributed by atoms with Gasteiger partial charge >= 0.3 is 5.97 Å². The molecule has 3 heterocycles. The Labute approximate surface area is 169 Å². The molecule has 144 valence electrons. The summed E-state index contributed by atoms with van der Waals surface area (Å²) in [4.78, 5) is 29.7. The highest BCUT2D eigenvalue weighted by atomic mass is 32.1. The number of aromatic nitrogens is 2. The predicted octanol–water partition coefficient (Wildman–Crippen LogP) is 4.25. The zero-order valence-corrected chi connectivity index (χ0v) is 16.4. The molecular weight excluding hydrogens is 388 g/mol. The first-order valence-electron chi connectivity index (χ1n) is 9.10. The minimum atomic E-state index is -0.398. The zero-order valence-electron chi connectivity index (χ0n) is 15.5. The summed E-state index contributed by atoms with van der Waals surface area (Å²) in [5, 5.41) is 4.91. The van der Waals surface area contributed by atoms with Crippen molar-refractivity contribution in [2.45, 2.75) is 20.0 Å². The Bertz CT molecular complexity index is 1440. The number of hydrogen-bond donors (Lipinski definition) is 0. The van der Waals surface area contributed by atoms with Crippen molar-refractivity contribution in [1.82, 2.24) is 9.38 Å². The van der Waals surface area contributed by atoms with E-state index in [1.54, 1.807) is 10.7 Å². The van der Waals surface area contributed by atoms with Crippen LogP contribution in [0.2, 0.25) is 0 Å². The minimum absolute atomic E-state index is 0.0436. The highest BCUT2D eigenvalue weighted by Gasteiger charge is 2.15. The van der Waals surface area contributed by atoms with Gasteiger partial charge in [0.15, 0.2) is 4.96 Å². The fraction of sp³-hybridized carbons (Fsp3) is 0.136. The number of carbonyl (C=O) groups is 1. The van der Waals surface area contributed by atoms with E-state index in [9.17, 15) is 9.59 Å². The monoisotopic (exact) mass is 404 g/mol. The summed E-state index contributed by atoms with van der Waals surface area (Å²) in [6.45, 7) is 1.81. The van der Waals surface area contributed by atoms with Crippen molar-refractivity contribution < 1.29 is 13.9 Å². The summed E-state index contributed by atoms with van der Waals surface area (Å²) in [7, 11) is 0. The average Bonchev–Trinajstić information content (AvgIpc) is 3.30. The van der Waals surface area contributed by atoms with Crippen LogP contribution in [0, 0.1) is 6.92 Å². The van der Waals surface area contributed by atoms with Crippen LogP contribution < -0.4 is 5.56 Å². The second-order valence-electron chi connectivity index (χ2n) is 6.84. The first-order valence-corrected chi connectivity index (χ1v) is 9.98. The second-order valence-corrected chi connectivity index (χ2v) is 7.68. The molecule has 2 aromatic carbocycles. The topological polar surface area (TPSA) is 73.8 Å². The largest absolute Gasteiger partial charge is 0.464 e. The molecule has 0 aliphatic carbocycles. The summed E-state index contributed by atoms with van der Waals surface area (Å²) < 4.78 is 12.6. The van der Waals surface area contributed by atoms with E-state index in [2.05, 4.69) is 4.98 Å². The van der Waals surface area contributed by atoms with Gasteiger partial charge in [0, 0.05) is 28.1 Å². The maximum atomic E-state index is 12.4. The van der Waals surface area contributed by atoms with E-state index in [0.29, 0.717) is 10.7 Å². The van der Waals surface area contributed by atoms with E-state index in [1.807, 2.05) is 48.7 Å². The quantitative estimate of drug-likeness (QED) is 0.419. The normalized spacial score (nSPS) is 11.5. The van der Waals surface area contributed by atoms with Gasteiger partial charge in [-0.2, -0.15) is 0 Å². The fourth-order valence-corrected chi connectivity index (χ4v) is 4.43. The predicted molar refractivity (Wildman–Crippen MR) is 111 cm³/mol. The van der Waals surface area contributed by atoms with E-state index >= 15 is 0 Å². The van der Waals surface area contributed by atoms with E-state index in [-0.39, 0.29) is 18.6 Å². The number of esters is 1. The highest BCUT2D eigenvalue weighted by Crippen LogP contribution is 2.30. The van der Waals surface area contributed by atoms with Crippen molar-refractivity contribution in [2.75, 3.05) is 0 Å². The van der Waals surface area contributed by atoms with Crippen molar-refractivity contribution in [3.05, 3.63) is 81.4 Å². The van der Waals surface area contributed by atoms with Crippen molar-refractivity contribution in [3.8, 4) is 0 Å². The molecule has 0 saturated carbocycles. The van der Waals surface area contributed by atoms with Gasteiger partial charge in [0.2, 0.25) is 0 Å². The molecule has 0 unspecified atom stereocenters. The van der Waals surface area contributed by atoms with Crippen molar-refractivity contribution in [3.63, 3.8) is 0 Å². The molecule has 0 fully saturated rings. The number of benzene rings is 2. The molecule has 6 nitrogen and oxygen atoms in total. The van der Waals surface area contributed by atoms with Gasteiger partial charge in [0.05, 0.1) is 18.4 Å². The molecule has 0 radical (unpaired) electrons. The molecule has 0 aliphatic rings. The van der Waals surface area contributed by atoms with Crippen LogP contribution in [0.3, 0.4) is 0 Å². The Morgan fingerprint density at radius 2 is 2.10 bits per heavy atom. The Kier molecular flexibility index (Phi) is 4.17. The van der Waals surface area contributed by atoms with Crippen molar-refractivity contribution in [1.29, 1.82) is 0 Å². The van der Waals surface area contributed by atoms with Gasteiger partial charge in [-0.15, -0.1) is 11.3 Å². The third kappa shape index (κ3) is 3.09. The number of hydrogen-bond acceptors (Lipinski definition) is 6. The molecule has 7 heteroatoms. The van der Waals surface area contributed by atoms with Gasteiger partial charge in [0.1, 0.15) is 12.2 Å². The van der Waals surface area contributed by atoms with Crippen LogP contribution >= 0.6 is 11.3 Å². The molecular formula is C22H16N2O4S. The summed E-state index contributed by atoms with van der Waals surface area (Å²) in [6.07, 6.45) is 1.68. The molecule has 0 aliphatic heterocycles. The Morgan fingerprint density at radius 1 is 1.24 bits per heavy atom. The molecule has 29 heavy (non-hydrogen) atoms. The summed E-state index contributed by atoms with van der Waals surface area (Å²) in [6, 6.07) is 13.3. The Morgan fingerprint density at radius 3 is 3.00 bits per heavy atom. The van der Waals surface area contributed by atoms with Crippen LogP contribution in [0.25, 0.3) is 26.7 Å². The van der Waals surface area contributed by atoms with E-state index in [0.717, 1.165) is 33.0 Å². The highest BCUT2D eigenvalue weighted by molar-refractivity contribution is 7.15. The number of carbonyl (C=O) groups excluding carboxylic acids is 1. The minimum Gasteiger partial charge on any atom is -0.464 e. The van der Waals surface area contributed by atoms with E-state index < -0.39 is 5.97 Å². The lowest BCUT2D eigenvalue weighted by Crippen LogP contribution is -2.16. The molecule has 0 amide bonds. The molecule has 3 aromatic heterocycles. The summed E-state index contributed by atoms with van der Waals surface area (Å²) in [5.41, 5.74) is 2.61. The van der Waals surface area contributed by atoms with Crippen LogP contribution in [-0.4, -0.2) is 15.4 Å². The molecule has 5 rings (SSSR count). The lowest BCUT2D eigenvalue weighted by atomic mass is 10.0. The number of fused-ring (bicyclic) bond motifs is 4. The molecule has 0 atom stereocenters. The molecule has 0 spiro atoms. The standard InChI is InChI=1S/C22H16N2O4S/c1-13-12-29-22-23-16(9-19(25)24(13)22)11-28-20(26)8-15-10-27-18-7-6-14-4-2-3-5-17(14)21(15)18/h2-7,9-10,12H,8,11H2,1H3. The van der Waals surface area contributed by atoms with Gasteiger partial charge in [-0.25, -0.2) is 4.98 Å². The number of furan rings is 1. The zero-order chi connectivity index (χ0) is 20.0. The first kappa shape index (κ1) is 17.6. The van der Waals surface area contributed by atoms with Gasteiger partial charge in [0.25, 0.3) is 5.56 Å². The lowest BCUT2D eigenvalue weighted by Gasteiger charge is -2.05. The van der Waals surface area contributed by atoms with Crippen LogP contribution in [0.15, 0.2) is 63.3 Å². The smallest absolute Gasteiger partial charge is 0.310 e. The van der Waals surface area contributed by atoms with E-state index in [1.165, 1.54) is 17.4 Å². The third-order valence-electron chi connectivity index (χ3n) is 4.88. The van der Waals surface area contributed by atoms with Crippen LogP contribution in [0.4, 0.5) is 0 Å². The summed E-state index contributed by atoms with van der Waals surface area (Å²) in [5.74, 6) is -0.398. The maximum absolute atomic E-state index is 12.4. The number of aryl methyl sites for hydroxylation is 1. The second kappa shape index (κ2) is 6.86.